The van der Waals surface area contributed by atoms with Crippen LogP contribution in [0.15, 0.2) is 97.2 Å². The van der Waals surface area contributed by atoms with Crippen molar-refractivity contribution < 1.29 is 28.6 Å². The number of rotatable bonds is 50. The van der Waals surface area contributed by atoms with E-state index < -0.39 is 6.10 Å². The molecule has 0 heterocycles. The van der Waals surface area contributed by atoms with Crippen LogP contribution in [0.3, 0.4) is 0 Å². The molecule has 68 heavy (non-hydrogen) atoms. The fraction of sp³-hybridized carbons (Fsp3) is 0.694. The molecule has 0 aromatic rings. The van der Waals surface area contributed by atoms with E-state index in [9.17, 15) is 14.4 Å². The lowest BCUT2D eigenvalue weighted by molar-refractivity contribution is -0.167. The van der Waals surface area contributed by atoms with Crippen LogP contribution in [-0.2, 0) is 28.6 Å². The molecule has 6 nitrogen and oxygen atoms in total. The highest BCUT2D eigenvalue weighted by atomic mass is 16.6. The number of carbonyl (C=O) groups is 3. The molecule has 0 saturated carbocycles. The van der Waals surface area contributed by atoms with Gasteiger partial charge in [0.05, 0.1) is 0 Å². The molecule has 0 aliphatic heterocycles. The van der Waals surface area contributed by atoms with Gasteiger partial charge in [0.15, 0.2) is 6.10 Å². The molecule has 6 heteroatoms. The molecular formula is C62H104O6. The molecule has 1 atom stereocenters. The molecule has 0 aromatic carbocycles. The van der Waals surface area contributed by atoms with E-state index in [1.165, 1.54) is 148 Å². The lowest BCUT2D eigenvalue weighted by Gasteiger charge is -2.18. The topological polar surface area (TPSA) is 78.9 Å². The molecule has 0 saturated heterocycles. The smallest absolute Gasteiger partial charge is 0.306 e. The highest BCUT2D eigenvalue weighted by Gasteiger charge is 2.19. The van der Waals surface area contributed by atoms with Crippen molar-refractivity contribution in [1.29, 1.82) is 0 Å². The van der Waals surface area contributed by atoms with Crippen LogP contribution in [-0.4, -0.2) is 37.2 Å². The fourth-order valence-electron chi connectivity index (χ4n) is 7.77. The summed E-state index contributed by atoms with van der Waals surface area (Å²) in [6, 6.07) is 0. The Morgan fingerprint density at radius 2 is 0.588 bits per heavy atom. The number of esters is 3. The minimum absolute atomic E-state index is 0.0934. The Morgan fingerprint density at radius 1 is 0.309 bits per heavy atom. The largest absolute Gasteiger partial charge is 0.462 e. The van der Waals surface area contributed by atoms with Crippen LogP contribution in [0.4, 0.5) is 0 Å². The molecular weight excluding hydrogens is 841 g/mol. The Morgan fingerprint density at radius 3 is 0.971 bits per heavy atom. The van der Waals surface area contributed by atoms with E-state index >= 15 is 0 Å². The Hall–Kier alpha value is -3.67. The van der Waals surface area contributed by atoms with Gasteiger partial charge in [0.2, 0.25) is 0 Å². The van der Waals surface area contributed by atoms with Crippen LogP contribution >= 0.6 is 0 Å². The van der Waals surface area contributed by atoms with Crippen molar-refractivity contribution in [1.82, 2.24) is 0 Å². The SMILES string of the molecule is CC\C=C/C=C\C=C/C=C\C=C\C=C/C=C\CCCCCC(=O)OCC(COC(=O)CCCCCCCCC/C=C\CCCCCC)OC(=O)CCCCCCCCCCCCCCCCCC. The van der Waals surface area contributed by atoms with Gasteiger partial charge in [-0.25, -0.2) is 0 Å². The number of allylic oxidation sites excluding steroid dienone is 16. The van der Waals surface area contributed by atoms with Gasteiger partial charge in [-0.05, 0) is 64.2 Å². The van der Waals surface area contributed by atoms with Gasteiger partial charge >= 0.3 is 17.9 Å². The average molecular weight is 946 g/mol. The van der Waals surface area contributed by atoms with Gasteiger partial charge in [0.25, 0.3) is 0 Å². The molecule has 0 N–H and O–H groups in total. The summed E-state index contributed by atoms with van der Waals surface area (Å²) in [6.45, 7) is 6.45. The number of ether oxygens (including phenoxy) is 3. The maximum atomic E-state index is 12.9. The van der Waals surface area contributed by atoms with Crippen LogP contribution in [0.2, 0.25) is 0 Å². The van der Waals surface area contributed by atoms with E-state index in [0.717, 1.165) is 70.6 Å². The van der Waals surface area contributed by atoms with Gasteiger partial charge < -0.3 is 14.2 Å². The number of hydrogen-bond donors (Lipinski definition) is 0. The van der Waals surface area contributed by atoms with Crippen molar-refractivity contribution in [2.24, 2.45) is 0 Å². The predicted octanol–water partition coefficient (Wildman–Crippen LogP) is 18.9. The second kappa shape index (κ2) is 55.9. The molecule has 0 aromatic heterocycles. The van der Waals surface area contributed by atoms with Crippen molar-refractivity contribution >= 4 is 17.9 Å². The van der Waals surface area contributed by atoms with E-state index in [-0.39, 0.29) is 31.1 Å². The predicted molar refractivity (Wildman–Crippen MR) is 293 cm³/mol. The second-order valence-corrected chi connectivity index (χ2v) is 18.7. The maximum Gasteiger partial charge on any atom is 0.306 e. The summed E-state index contributed by atoms with van der Waals surface area (Å²) in [6.07, 6.45) is 73.8. The Balaban J connectivity index is 4.49. The van der Waals surface area contributed by atoms with Gasteiger partial charge in [-0.1, -0.05) is 272 Å². The Labute approximate surface area is 419 Å². The quantitative estimate of drug-likeness (QED) is 0.0199. The second-order valence-electron chi connectivity index (χ2n) is 18.7. The zero-order valence-corrected chi connectivity index (χ0v) is 44.3. The summed E-state index contributed by atoms with van der Waals surface area (Å²) in [7, 11) is 0. The molecule has 0 aliphatic carbocycles. The van der Waals surface area contributed by atoms with Crippen molar-refractivity contribution in [2.75, 3.05) is 13.2 Å². The zero-order valence-electron chi connectivity index (χ0n) is 44.3. The summed E-state index contributed by atoms with van der Waals surface area (Å²) in [4.78, 5) is 38.1. The van der Waals surface area contributed by atoms with Gasteiger partial charge in [-0.15, -0.1) is 0 Å². The van der Waals surface area contributed by atoms with Crippen LogP contribution in [0.1, 0.15) is 258 Å². The third-order valence-corrected chi connectivity index (χ3v) is 12.0. The molecule has 0 fully saturated rings. The standard InChI is InChI=1S/C62H104O6/c1-4-7-10-13-16-19-22-25-28-30-31-32-35-37-40-43-46-49-52-55-61(64)67-58-59(57-66-60(63)54-51-48-45-42-39-36-33-27-24-21-18-15-12-9-6-3)68-62(65)56-53-50-47-44-41-38-34-29-26-23-20-17-14-11-8-5-2/h7,10,13,16,19,21-22,24-25,28,30-32,35,37,40,59H,4-6,8-9,11-12,14-15,17-18,20,23,26-27,29,33-34,36,38-39,41-58H2,1-3H3/b10-7-,16-13-,22-19-,24-21-,28-25-,31-30+,35-32-,40-37-. The molecule has 0 amide bonds. The van der Waals surface area contributed by atoms with Crippen molar-refractivity contribution in [3.63, 3.8) is 0 Å². The summed E-state index contributed by atoms with van der Waals surface area (Å²) >= 11 is 0. The molecule has 1 unspecified atom stereocenters. The van der Waals surface area contributed by atoms with Crippen LogP contribution in [0.25, 0.3) is 0 Å². The third-order valence-electron chi connectivity index (χ3n) is 12.0. The molecule has 0 spiro atoms. The number of carbonyl (C=O) groups excluding carboxylic acids is 3. The first-order valence-corrected chi connectivity index (χ1v) is 28.3. The molecule has 0 aliphatic rings. The lowest BCUT2D eigenvalue weighted by Crippen LogP contribution is -2.30. The van der Waals surface area contributed by atoms with Crippen LogP contribution in [0.5, 0.6) is 0 Å². The number of hydrogen-bond acceptors (Lipinski definition) is 6. The summed E-state index contributed by atoms with van der Waals surface area (Å²) in [5.74, 6) is -0.938. The molecule has 0 bridgehead atoms. The summed E-state index contributed by atoms with van der Waals surface area (Å²) in [5, 5.41) is 0. The monoisotopic (exact) mass is 945 g/mol. The van der Waals surface area contributed by atoms with E-state index in [0.29, 0.717) is 19.3 Å². The van der Waals surface area contributed by atoms with Crippen molar-refractivity contribution in [3.8, 4) is 0 Å². The van der Waals surface area contributed by atoms with Crippen LogP contribution < -0.4 is 0 Å². The van der Waals surface area contributed by atoms with E-state index in [1.807, 2.05) is 72.9 Å². The van der Waals surface area contributed by atoms with E-state index in [1.54, 1.807) is 0 Å². The van der Waals surface area contributed by atoms with Crippen LogP contribution in [0, 0.1) is 0 Å². The maximum absolute atomic E-state index is 12.9. The minimum atomic E-state index is -0.798. The van der Waals surface area contributed by atoms with Crippen molar-refractivity contribution in [3.05, 3.63) is 97.2 Å². The zero-order chi connectivity index (χ0) is 49.3. The first-order chi connectivity index (χ1) is 33.5. The molecule has 388 valence electrons. The Kier molecular flexibility index (Phi) is 52.9. The van der Waals surface area contributed by atoms with Gasteiger partial charge in [-0.2, -0.15) is 0 Å². The van der Waals surface area contributed by atoms with Gasteiger partial charge in [0, 0.05) is 19.3 Å². The minimum Gasteiger partial charge on any atom is -0.462 e. The lowest BCUT2D eigenvalue weighted by atomic mass is 10.0. The first kappa shape index (κ1) is 64.3. The van der Waals surface area contributed by atoms with Crippen molar-refractivity contribution in [2.45, 2.75) is 264 Å². The molecule has 0 rings (SSSR count). The summed E-state index contributed by atoms with van der Waals surface area (Å²) < 4.78 is 16.8. The highest BCUT2D eigenvalue weighted by molar-refractivity contribution is 5.71. The normalized spacial score (nSPS) is 12.8. The fourth-order valence-corrected chi connectivity index (χ4v) is 7.77. The average Bonchev–Trinajstić information content (AvgIpc) is 3.34. The molecule has 0 radical (unpaired) electrons. The van der Waals surface area contributed by atoms with Gasteiger partial charge in [0.1, 0.15) is 13.2 Å². The number of unbranched alkanes of at least 4 members (excludes halogenated alkanes) is 29. The van der Waals surface area contributed by atoms with E-state index in [2.05, 4.69) is 45.1 Å². The Bertz CT molecular complexity index is 1360. The third kappa shape index (κ3) is 53.3. The van der Waals surface area contributed by atoms with E-state index in [4.69, 9.17) is 14.2 Å². The first-order valence-electron chi connectivity index (χ1n) is 28.3. The van der Waals surface area contributed by atoms with Gasteiger partial charge in [-0.3, -0.25) is 14.4 Å². The summed E-state index contributed by atoms with van der Waals surface area (Å²) in [5.41, 5.74) is 0. The highest BCUT2D eigenvalue weighted by Crippen LogP contribution is 2.16.